The molecule has 5 nitrogen and oxygen atoms in total. The minimum atomic E-state index is -3.95. The lowest BCUT2D eigenvalue weighted by Crippen LogP contribution is -2.24. The Labute approximate surface area is 103 Å². The summed E-state index contributed by atoms with van der Waals surface area (Å²) < 4.78 is 30.2. The highest BCUT2D eigenvalue weighted by atomic mass is 32.2. The lowest BCUT2D eigenvalue weighted by atomic mass is 9.79. The lowest BCUT2D eigenvalue weighted by molar-refractivity contribution is -0.114. The zero-order valence-corrected chi connectivity index (χ0v) is 11.4. The first kappa shape index (κ1) is 16.1. The molecule has 6 heteroatoms. The summed E-state index contributed by atoms with van der Waals surface area (Å²) in [6.07, 6.45) is 0.969. The van der Waals surface area contributed by atoms with E-state index in [0.29, 0.717) is 18.4 Å². The predicted octanol–water partition coefficient (Wildman–Crippen LogP) is 1.36. The first-order valence-electron chi connectivity index (χ1n) is 5.36. The van der Waals surface area contributed by atoms with Crippen LogP contribution < -0.4 is 5.73 Å². The summed E-state index contributed by atoms with van der Waals surface area (Å²) >= 11 is 0. The monoisotopic (exact) mass is 263 g/mol. The van der Waals surface area contributed by atoms with Crippen molar-refractivity contribution in [3.05, 3.63) is 12.2 Å². The third-order valence-electron chi connectivity index (χ3n) is 2.44. The maximum atomic E-state index is 10.9. The van der Waals surface area contributed by atoms with E-state index >= 15 is 0 Å². The third-order valence-corrected chi connectivity index (χ3v) is 3.43. The van der Waals surface area contributed by atoms with E-state index in [4.69, 9.17) is 10.3 Å². The molecular formula is C11H21NO4S. The van der Waals surface area contributed by atoms with Gasteiger partial charge in [0.15, 0.2) is 0 Å². The van der Waals surface area contributed by atoms with E-state index in [1.165, 1.54) is 0 Å². The van der Waals surface area contributed by atoms with E-state index in [-0.39, 0.29) is 17.1 Å². The van der Waals surface area contributed by atoms with Crippen molar-refractivity contribution in [1.29, 1.82) is 0 Å². The van der Waals surface area contributed by atoms with Gasteiger partial charge < -0.3 is 5.73 Å². The van der Waals surface area contributed by atoms with E-state index in [0.717, 1.165) is 0 Å². The first-order valence-corrected chi connectivity index (χ1v) is 6.96. The van der Waals surface area contributed by atoms with Gasteiger partial charge in [-0.3, -0.25) is 9.35 Å². The number of nitrogens with two attached hydrogens (primary N) is 1. The number of hydrogen-bond acceptors (Lipinski definition) is 3. The molecule has 3 N–H and O–H groups in total. The maximum Gasteiger partial charge on any atom is 0.265 e. The molecule has 0 heterocycles. The number of carbonyl (C=O) groups excluding carboxylic acids is 1. The van der Waals surface area contributed by atoms with E-state index in [2.05, 4.69) is 6.58 Å². The van der Waals surface area contributed by atoms with Gasteiger partial charge in [0.25, 0.3) is 10.1 Å². The molecule has 0 aromatic heterocycles. The van der Waals surface area contributed by atoms with Gasteiger partial charge in [0.2, 0.25) is 5.91 Å². The minimum absolute atomic E-state index is 0.194. The molecule has 0 aliphatic rings. The fourth-order valence-corrected chi connectivity index (χ4v) is 2.94. The zero-order valence-electron chi connectivity index (χ0n) is 10.6. The van der Waals surface area contributed by atoms with Gasteiger partial charge in [0, 0.05) is 5.57 Å². The quantitative estimate of drug-likeness (QED) is 0.535. The zero-order chi connectivity index (χ0) is 13.9. The van der Waals surface area contributed by atoms with Crippen molar-refractivity contribution in [2.45, 2.75) is 33.6 Å². The van der Waals surface area contributed by atoms with Crippen LogP contribution in [-0.4, -0.2) is 24.6 Å². The van der Waals surface area contributed by atoms with Crippen LogP contribution in [0.1, 0.15) is 33.6 Å². The predicted molar refractivity (Wildman–Crippen MR) is 66.9 cm³/mol. The molecule has 0 aromatic rings. The molecule has 17 heavy (non-hydrogen) atoms. The van der Waals surface area contributed by atoms with Gasteiger partial charge >= 0.3 is 0 Å². The summed E-state index contributed by atoms with van der Waals surface area (Å²) in [5.41, 5.74) is 5.15. The molecule has 1 amide bonds. The molecule has 0 radical (unpaired) electrons. The van der Waals surface area contributed by atoms with Gasteiger partial charge in [-0.15, -0.1) is 0 Å². The first-order chi connectivity index (χ1) is 7.43. The van der Waals surface area contributed by atoms with Crippen molar-refractivity contribution in [3.63, 3.8) is 0 Å². The SMILES string of the molecule is C=C(CC(C)(C)CC(C)CS(=O)(=O)O)C(N)=O. The smallest absolute Gasteiger partial charge is 0.265 e. The molecule has 0 saturated carbocycles. The van der Waals surface area contributed by atoms with Crippen LogP contribution in [0.25, 0.3) is 0 Å². The Morgan fingerprint density at radius 3 is 2.29 bits per heavy atom. The van der Waals surface area contributed by atoms with Crippen LogP contribution in [0.3, 0.4) is 0 Å². The van der Waals surface area contributed by atoms with Crippen LogP contribution >= 0.6 is 0 Å². The molecule has 0 aromatic carbocycles. The highest BCUT2D eigenvalue weighted by Crippen LogP contribution is 2.32. The highest BCUT2D eigenvalue weighted by Gasteiger charge is 2.25. The molecule has 0 aliphatic carbocycles. The van der Waals surface area contributed by atoms with Crippen molar-refractivity contribution in [3.8, 4) is 0 Å². The van der Waals surface area contributed by atoms with Gasteiger partial charge in [-0.2, -0.15) is 8.42 Å². The second-order valence-electron chi connectivity index (χ2n) is 5.37. The number of carbonyl (C=O) groups is 1. The van der Waals surface area contributed by atoms with Crippen LogP contribution in [0.2, 0.25) is 0 Å². The van der Waals surface area contributed by atoms with Gasteiger partial charge in [0.05, 0.1) is 5.75 Å². The molecular weight excluding hydrogens is 242 g/mol. The molecule has 0 rings (SSSR count). The topological polar surface area (TPSA) is 97.5 Å². The van der Waals surface area contributed by atoms with Gasteiger partial charge in [-0.25, -0.2) is 0 Å². The number of amides is 1. The van der Waals surface area contributed by atoms with Crippen LogP contribution in [0.15, 0.2) is 12.2 Å². The molecule has 0 aliphatic heterocycles. The van der Waals surface area contributed by atoms with Crippen molar-refractivity contribution in [2.75, 3.05) is 5.75 Å². The van der Waals surface area contributed by atoms with Crippen molar-refractivity contribution < 1.29 is 17.8 Å². The van der Waals surface area contributed by atoms with E-state index in [1.807, 2.05) is 13.8 Å². The maximum absolute atomic E-state index is 10.9. The number of hydrogen-bond donors (Lipinski definition) is 2. The van der Waals surface area contributed by atoms with E-state index < -0.39 is 16.0 Å². The summed E-state index contributed by atoms with van der Waals surface area (Å²) in [5.74, 6) is -1.01. The van der Waals surface area contributed by atoms with Crippen LogP contribution in [0.5, 0.6) is 0 Å². The summed E-state index contributed by atoms with van der Waals surface area (Å²) in [4.78, 5) is 10.9. The third kappa shape index (κ3) is 7.93. The van der Waals surface area contributed by atoms with Crippen LogP contribution in [0.4, 0.5) is 0 Å². The fourth-order valence-electron chi connectivity index (χ4n) is 2.10. The second-order valence-corrected chi connectivity index (χ2v) is 6.86. The summed E-state index contributed by atoms with van der Waals surface area (Å²) in [6.45, 7) is 9.13. The largest absolute Gasteiger partial charge is 0.366 e. The van der Waals surface area contributed by atoms with Crippen molar-refractivity contribution >= 4 is 16.0 Å². The Hall–Kier alpha value is -0.880. The molecule has 0 fully saturated rings. The Bertz CT molecular complexity index is 398. The minimum Gasteiger partial charge on any atom is -0.366 e. The molecule has 1 unspecified atom stereocenters. The molecule has 0 spiro atoms. The standard InChI is InChI=1S/C11H21NO4S/c1-8(7-17(14,15)16)5-11(3,4)6-9(2)10(12)13/h8H,2,5-7H2,1,3-4H3,(H2,12,13)(H,14,15,16). The van der Waals surface area contributed by atoms with Crippen molar-refractivity contribution in [2.24, 2.45) is 17.1 Å². The van der Waals surface area contributed by atoms with Gasteiger partial charge in [-0.1, -0.05) is 27.4 Å². The molecule has 100 valence electrons. The Morgan fingerprint density at radius 1 is 1.47 bits per heavy atom. The fraction of sp³-hybridized carbons (Fsp3) is 0.727. The number of primary amides is 1. The van der Waals surface area contributed by atoms with Crippen LogP contribution in [-0.2, 0) is 14.9 Å². The average Bonchev–Trinajstić information content (AvgIpc) is 1.96. The van der Waals surface area contributed by atoms with Crippen molar-refractivity contribution in [1.82, 2.24) is 0 Å². The van der Waals surface area contributed by atoms with E-state index in [1.54, 1.807) is 6.92 Å². The van der Waals surface area contributed by atoms with Gasteiger partial charge in [-0.05, 0) is 24.2 Å². The Kier molecular flexibility index (Phi) is 5.35. The Morgan fingerprint density at radius 2 is 1.94 bits per heavy atom. The summed E-state index contributed by atoms with van der Waals surface area (Å²) in [6, 6.07) is 0. The molecule has 0 bridgehead atoms. The average molecular weight is 263 g/mol. The normalized spacial score (nSPS) is 14.4. The molecule has 0 saturated heterocycles. The summed E-state index contributed by atoms with van der Waals surface area (Å²) in [7, 11) is -3.95. The lowest BCUT2D eigenvalue weighted by Gasteiger charge is -2.27. The Balaban J connectivity index is 4.44. The highest BCUT2D eigenvalue weighted by molar-refractivity contribution is 7.85. The molecule has 1 atom stereocenters. The second kappa shape index (κ2) is 5.64. The van der Waals surface area contributed by atoms with E-state index in [9.17, 15) is 13.2 Å². The van der Waals surface area contributed by atoms with Gasteiger partial charge in [0.1, 0.15) is 0 Å². The summed E-state index contributed by atoms with van der Waals surface area (Å²) in [5, 5.41) is 0. The van der Waals surface area contributed by atoms with Crippen LogP contribution in [0, 0.1) is 11.3 Å². The number of rotatable bonds is 7.